The first kappa shape index (κ1) is 22.7. The predicted octanol–water partition coefficient (Wildman–Crippen LogP) is 2.30. The molecule has 0 aliphatic carbocycles. The molecule has 9 heteroatoms. The Kier molecular flexibility index (Phi) is 8.26. The fraction of sp³-hybridized carbons (Fsp3) is 0.476. The maximum absolute atomic E-state index is 11.8. The number of aliphatic imine (C=N–C) groups is 1. The molecule has 1 saturated heterocycles. The quantitative estimate of drug-likeness (QED) is 0.404. The molecule has 1 aromatic heterocycles. The number of sulfonamides is 1. The largest absolute Gasteiger partial charge is 0.354 e. The maximum Gasteiger partial charge on any atom is 0.215 e. The van der Waals surface area contributed by atoms with Gasteiger partial charge in [-0.2, -0.15) is 0 Å². The van der Waals surface area contributed by atoms with Crippen LogP contribution in [-0.2, 0) is 22.3 Å². The molecule has 1 atom stereocenters. The van der Waals surface area contributed by atoms with Crippen molar-refractivity contribution in [1.82, 2.24) is 20.3 Å². The molecule has 1 aromatic carbocycles. The highest BCUT2D eigenvalue weighted by Crippen LogP contribution is 2.27. The second kappa shape index (κ2) is 10.9. The number of thiophene rings is 1. The van der Waals surface area contributed by atoms with Crippen LogP contribution < -0.4 is 15.4 Å². The molecule has 30 heavy (non-hydrogen) atoms. The summed E-state index contributed by atoms with van der Waals surface area (Å²) in [4.78, 5) is 8.26. The van der Waals surface area contributed by atoms with Gasteiger partial charge in [-0.15, -0.1) is 11.3 Å². The molecule has 0 spiro atoms. The Morgan fingerprint density at radius 3 is 2.60 bits per heavy atom. The van der Waals surface area contributed by atoms with Crippen molar-refractivity contribution in [2.45, 2.75) is 31.2 Å². The first-order chi connectivity index (χ1) is 14.5. The first-order valence-electron chi connectivity index (χ1n) is 10.2. The summed E-state index contributed by atoms with van der Waals surface area (Å²) in [6.45, 7) is 3.64. The van der Waals surface area contributed by atoms with Crippen LogP contribution in [0.25, 0.3) is 0 Å². The predicted molar refractivity (Wildman–Crippen MR) is 124 cm³/mol. The lowest BCUT2D eigenvalue weighted by atomic mass is 10.1. The van der Waals surface area contributed by atoms with Crippen LogP contribution in [0.15, 0.2) is 46.8 Å². The molecule has 7 nitrogen and oxygen atoms in total. The van der Waals surface area contributed by atoms with Gasteiger partial charge in [0, 0.05) is 25.0 Å². The number of nitrogens with zero attached hydrogens (tertiary/aromatic N) is 2. The molecule has 0 bridgehead atoms. The number of rotatable bonds is 9. The Labute approximate surface area is 183 Å². The topological polar surface area (TPSA) is 85.8 Å². The summed E-state index contributed by atoms with van der Waals surface area (Å²) in [5.41, 5.74) is 1.77. The number of hydrogen-bond donors (Lipinski definition) is 3. The van der Waals surface area contributed by atoms with E-state index in [1.807, 2.05) is 24.3 Å². The molecule has 3 rings (SSSR count). The van der Waals surface area contributed by atoms with E-state index in [9.17, 15) is 8.42 Å². The summed E-state index contributed by atoms with van der Waals surface area (Å²) >= 11 is 1.80. The number of benzene rings is 1. The van der Waals surface area contributed by atoms with Gasteiger partial charge < -0.3 is 10.6 Å². The minimum atomic E-state index is -3.28. The van der Waals surface area contributed by atoms with E-state index in [1.54, 1.807) is 18.4 Å². The summed E-state index contributed by atoms with van der Waals surface area (Å²) < 4.78 is 25.9. The van der Waals surface area contributed by atoms with Crippen LogP contribution in [-0.4, -0.2) is 53.0 Å². The molecule has 0 saturated carbocycles. The average molecular weight is 450 g/mol. The monoisotopic (exact) mass is 449 g/mol. The standard InChI is InChI=1S/C21H31N5O2S2/c1-22-21(24-14-17-7-5-8-18(13-17)16-30(27,28)23-2)25-15-19(20-9-6-12-29-20)26-10-3-4-11-26/h5-9,12-13,19,23H,3-4,10-11,14-16H2,1-2H3,(H2,22,24,25). The molecule has 1 aliphatic rings. The highest BCUT2D eigenvalue weighted by molar-refractivity contribution is 7.88. The minimum absolute atomic E-state index is 0.0252. The van der Waals surface area contributed by atoms with Gasteiger partial charge in [0.05, 0.1) is 11.8 Å². The van der Waals surface area contributed by atoms with Gasteiger partial charge in [-0.3, -0.25) is 9.89 Å². The SMILES string of the molecule is CN=C(NCc1cccc(CS(=O)(=O)NC)c1)NCC(c1cccs1)N1CCCC1. The van der Waals surface area contributed by atoms with E-state index in [0.717, 1.165) is 36.7 Å². The molecule has 2 heterocycles. The summed E-state index contributed by atoms with van der Waals surface area (Å²) in [7, 11) is -0.0856. The van der Waals surface area contributed by atoms with Crippen molar-refractivity contribution in [3.63, 3.8) is 0 Å². The van der Waals surface area contributed by atoms with Crippen LogP contribution in [0.3, 0.4) is 0 Å². The molecule has 3 N–H and O–H groups in total. The van der Waals surface area contributed by atoms with Crippen LogP contribution in [0.2, 0.25) is 0 Å². The Morgan fingerprint density at radius 2 is 1.93 bits per heavy atom. The van der Waals surface area contributed by atoms with Crippen LogP contribution in [0.4, 0.5) is 0 Å². The van der Waals surface area contributed by atoms with Crippen molar-refractivity contribution in [2.24, 2.45) is 4.99 Å². The zero-order valence-corrected chi connectivity index (χ0v) is 19.2. The third-order valence-electron chi connectivity index (χ3n) is 5.26. The van der Waals surface area contributed by atoms with Crippen LogP contribution in [0.1, 0.15) is 34.9 Å². The highest BCUT2D eigenvalue weighted by Gasteiger charge is 2.24. The van der Waals surface area contributed by atoms with Crippen LogP contribution in [0.5, 0.6) is 0 Å². The molecule has 0 radical (unpaired) electrons. The normalized spacial score (nSPS) is 16.5. The Morgan fingerprint density at radius 1 is 1.17 bits per heavy atom. The van der Waals surface area contributed by atoms with E-state index < -0.39 is 10.0 Å². The summed E-state index contributed by atoms with van der Waals surface area (Å²) in [6.07, 6.45) is 2.52. The van der Waals surface area contributed by atoms with Crippen molar-refractivity contribution in [3.8, 4) is 0 Å². The van der Waals surface area contributed by atoms with Gasteiger partial charge in [0.25, 0.3) is 0 Å². The van der Waals surface area contributed by atoms with Crippen molar-refractivity contribution >= 4 is 27.3 Å². The second-order valence-corrected chi connectivity index (χ2v) is 10.3. The van der Waals surface area contributed by atoms with Crippen molar-refractivity contribution in [3.05, 3.63) is 57.8 Å². The average Bonchev–Trinajstić information content (AvgIpc) is 3.45. The Balaban J connectivity index is 1.57. The maximum atomic E-state index is 11.8. The van der Waals surface area contributed by atoms with Crippen molar-refractivity contribution < 1.29 is 8.42 Å². The van der Waals surface area contributed by atoms with Gasteiger partial charge in [0.1, 0.15) is 0 Å². The Bertz CT molecular complexity index is 923. The number of likely N-dealkylation sites (tertiary alicyclic amines) is 1. The van der Waals surface area contributed by atoms with Crippen LogP contribution >= 0.6 is 11.3 Å². The first-order valence-corrected chi connectivity index (χ1v) is 12.7. The van der Waals surface area contributed by atoms with Crippen molar-refractivity contribution in [1.29, 1.82) is 0 Å². The third-order valence-corrected chi connectivity index (χ3v) is 7.57. The molecule has 1 fully saturated rings. The molecular weight excluding hydrogens is 418 g/mol. The zero-order valence-electron chi connectivity index (χ0n) is 17.6. The van der Waals surface area contributed by atoms with Gasteiger partial charge >= 0.3 is 0 Å². The fourth-order valence-corrected chi connectivity index (χ4v) is 5.29. The van der Waals surface area contributed by atoms with E-state index in [1.165, 1.54) is 24.8 Å². The van der Waals surface area contributed by atoms with Crippen LogP contribution in [0, 0.1) is 0 Å². The lowest BCUT2D eigenvalue weighted by molar-refractivity contribution is 0.249. The van der Waals surface area contributed by atoms with E-state index >= 15 is 0 Å². The number of guanidine groups is 1. The minimum Gasteiger partial charge on any atom is -0.354 e. The zero-order chi connectivity index (χ0) is 21.4. The third kappa shape index (κ3) is 6.53. The summed E-state index contributed by atoms with van der Waals surface area (Å²) in [5, 5.41) is 8.94. The lowest BCUT2D eigenvalue weighted by Crippen LogP contribution is -2.42. The number of hydrogen-bond acceptors (Lipinski definition) is 5. The highest BCUT2D eigenvalue weighted by atomic mass is 32.2. The van der Waals surface area contributed by atoms with Gasteiger partial charge in [0.2, 0.25) is 10.0 Å². The Hall–Kier alpha value is -1.94. The van der Waals surface area contributed by atoms with E-state index in [4.69, 9.17) is 0 Å². The lowest BCUT2D eigenvalue weighted by Gasteiger charge is -2.27. The molecule has 1 aliphatic heterocycles. The smallest absolute Gasteiger partial charge is 0.215 e. The molecule has 164 valence electrons. The van der Waals surface area contributed by atoms with E-state index in [2.05, 4.69) is 42.8 Å². The van der Waals surface area contributed by atoms with Gasteiger partial charge in [-0.05, 0) is 55.6 Å². The fourth-order valence-electron chi connectivity index (χ4n) is 3.66. The van der Waals surface area contributed by atoms with Gasteiger partial charge in [-0.1, -0.05) is 30.3 Å². The number of nitrogens with one attached hydrogen (secondary N) is 3. The summed E-state index contributed by atoms with van der Waals surface area (Å²) in [6, 6.07) is 12.3. The molecule has 0 amide bonds. The molecule has 2 aromatic rings. The second-order valence-electron chi connectivity index (χ2n) is 7.36. The molecular formula is C21H31N5O2S2. The van der Waals surface area contributed by atoms with Crippen molar-refractivity contribution in [2.75, 3.05) is 33.7 Å². The van der Waals surface area contributed by atoms with E-state index in [0.29, 0.717) is 12.6 Å². The molecule has 1 unspecified atom stereocenters. The van der Waals surface area contributed by atoms with Gasteiger partial charge in [-0.25, -0.2) is 13.1 Å². The van der Waals surface area contributed by atoms with Gasteiger partial charge in [0.15, 0.2) is 5.96 Å². The summed E-state index contributed by atoms with van der Waals surface area (Å²) in [5.74, 6) is 0.715. The van der Waals surface area contributed by atoms with E-state index in [-0.39, 0.29) is 5.75 Å².